The third kappa shape index (κ3) is 3.66. The maximum absolute atomic E-state index is 4.44. The molecule has 0 spiro atoms. The zero-order chi connectivity index (χ0) is 14.9. The molecule has 21 heavy (non-hydrogen) atoms. The summed E-state index contributed by atoms with van der Waals surface area (Å²) in [6.45, 7) is 4.00. The van der Waals surface area contributed by atoms with Gasteiger partial charge in [0.1, 0.15) is 5.82 Å². The summed E-state index contributed by atoms with van der Waals surface area (Å²) < 4.78 is 0. The van der Waals surface area contributed by atoms with Crippen LogP contribution in [0.15, 0.2) is 79.3 Å². The third-order valence-electron chi connectivity index (χ3n) is 2.81. The number of para-hydroxylation sites is 1. The molecule has 0 aliphatic carbocycles. The van der Waals surface area contributed by atoms with Crippen LogP contribution in [0.25, 0.3) is 0 Å². The molecule has 0 aliphatic heterocycles. The number of hydrogen-bond acceptors (Lipinski definition) is 3. The summed E-state index contributed by atoms with van der Waals surface area (Å²) in [6.07, 6.45) is 5.37. The van der Waals surface area contributed by atoms with E-state index in [9.17, 15) is 0 Å². The normalized spacial score (nSPS) is 9.43. The number of nitrogens with zero attached hydrogens (tertiary/aromatic N) is 3. The molecule has 2 heterocycles. The summed E-state index contributed by atoms with van der Waals surface area (Å²) in [7, 11) is 0. The second-order valence-electron chi connectivity index (χ2n) is 4.06. The first-order valence-electron chi connectivity index (χ1n) is 7.11. The minimum atomic E-state index is 0.889. The Bertz CT molecular complexity index is 530. The molecular formula is C18H19N3. The molecular weight excluding hydrogens is 258 g/mol. The highest BCUT2D eigenvalue weighted by Gasteiger charge is 2.11. The maximum Gasteiger partial charge on any atom is 0.137 e. The Kier molecular flexibility index (Phi) is 5.47. The average molecular weight is 277 g/mol. The molecule has 1 aromatic carbocycles. The first-order valence-corrected chi connectivity index (χ1v) is 7.11. The minimum Gasteiger partial charge on any atom is -0.295 e. The molecule has 0 atom stereocenters. The van der Waals surface area contributed by atoms with Crippen LogP contribution in [-0.2, 0) is 0 Å². The number of pyridine rings is 2. The van der Waals surface area contributed by atoms with Crippen LogP contribution in [0.1, 0.15) is 13.8 Å². The first-order chi connectivity index (χ1) is 10.4. The summed E-state index contributed by atoms with van der Waals surface area (Å²) in [6, 6.07) is 20.0. The molecule has 0 radical (unpaired) electrons. The van der Waals surface area contributed by atoms with Crippen LogP contribution < -0.4 is 4.90 Å². The number of anilines is 3. The molecule has 0 N–H and O–H groups in total. The van der Waals surface area contributed by atoms with Gasteiger partial charge in [0.15, 0.2) is 0 Å². The van der Waals surface area contributed by atoms with Crippen LogP contribution in [0.2, 0.25) is 0 Å². The molecule has 0 unspecified atom stereocenters. The molecule has 0 fully saturated rings. The number of rotatable bonds is 3. The average Bonchev–Trinajstić information content (AvgIpc) is 2.60. The predicted octanol–water partition coefficient (Wildman–Crippen LogP) is 4.97. The molecule has 3 heteroatoms. The van der Waals surface area contributed by atoms with Gasteiger partial charge in [-0.3, -0.25) is 9.88 Å². The van der Waals surface area contributed by atoms with Gasteiger partial charge < -0.3 is 0 Å². The lowest BCUT2D eigenvalue weighted by Crippen LogP contribution is -2.11. The van der Waals surface area contributed by atoms with Gasteiger partial charge in [-0.15, -0.1) is 0 Å². The van der Waals surface area contributed by atoms with Crippen molar-refractivity contribution in [3.63, 3.8) is 0 Å². The van der Waals surface area contributed by atoms with E-state index in [0.29, 0.717) is 0 Å². The SMILES string of the molecule is CC.c1ccc(N(c2ccncc2)c2ccccn2)cc1. The Morgan fingerprint density at radius 2 is 1.29 bits per heavy atom. The quantitative estimate of drug-likeness (QED) is 0.676. The van der Waals surface area contributed by atoms with Gasteiger partial charge in [0, 0.05) is 24.3 Å². The van der Waals surface area contributed by atoms with Crippen molar-refractivity contribution in [2.45, 2.75) is 13.8 Å². The Morgan fingerprint density at radius 3 is 1.90 bits per heavy atom. The van der Waals surface area contributed by atoms with Crippen LogP contribution in [0.3, 0.4) is 0 Å². The van der Waals surface area contributed by atoms with Crippen molar-refractivity contribution in [1.82, 2.24) is 9.97 Å². The van der Waals surface area contributed by atoms with Gasteiger partial charge in [-0.1, -0.05) is 38.1 Å². The molecule has 3 rings (SSSR count). The number of benzene rings is 1. The highest BCUT2D eigenvalue weighted by Crippen LogP contribution is 2.31. The number of hydrogen-bond donors (Lipinski definition) is 0. The summed E-state index contributed by atoms with van der Waals surface area (Å²) in [4.78, 5) is 10.6. The minimum absolute atomic E-state index is 0.889. The molecule has 3 aromatic rings. The van der Waals surface area contributed by atoms with Gasteiger partial charge in [0.25, 0.3) is 0 Å². The van der Waals surface area contributed by atoms with Crippen molar-refractivity contribution in [2.75, 3.05) is 4.90 Å². The van der Waals surface area contributed by atoms with Crippen molar-refractivity contribution in [2.24, 2.45) is 0 Å². The van der Waals surface area contributed by atoms with E-state index >= 15 is 0 Å². The van der Waals surface area contributed by atoms with Crippen molar-refractivity contribution in [3.05, 3.63) is 79.3 Å². The van der Waals surface area contributed by atoms with E-state index in [4.69, 9.17) is 0 Å². The standard InChI is InChI=1S/C16H13N3.C2H6/c1-2-6-14(7-3-1)19(15-9-12-17-13-10-15)16-8-4-5-11-18-16;1-2/h1-13H;1-2H3. The van der Waals surface area contributed by atoms with E-state index in [1.54, 1.807) is 18.6 Å². The van der Waals surface area contributed by atoms with Gasteiger partial charge in [0.05, 0.1) is 5.69 Å². The lowest BCUT2D eigenvalue weighted by atomic mass is 10.2. The maximum atomic E-state index is 4.44. The monoisotopic (exact) mass is 277 g/mol. The third-order valence-corrected chi connectivity index (χ3v) is 2.81. The van der Waals surface area contributed by atoms with Crippen LogP contribution in [-0.4, -0.2) is 9.97 Å². The Labute approximate surface area is 125 Å². The van der Waals surface area contributed by atoms with Gasteiger partial charge in [0.2, 0.25) is 0 Å². The van der Waals surface area contributed by atoms with Crippen molar-refractivity contribution in [1.29, 1.82) is 0 Å². The molecule has 3 nitrogen and oxygen atoms in total. The fourth-order valence-electron chi connectivity index (χ4n) is 1.97. The highest BCUT2D eigenvalue weighted by molar-refractivity contribution is 5.73. The Morgan fingerprint density at radius 1 is 0.667 bits per heavy atom. The zero-order valence-corrected chi connectivity index (χ0v) is 12.3. The molecule has 2 aromatic heterocycles. The summed E-state index contributed by atoms with van der Waals surface area (Å²) in [5, 5.41) is 0. The number of aromatic nitrogens is 2. The van der Waals surface area contributed by atoms with Crippen molar-refractivity contribution in [3.8, 4) is 0 Å². The lowest BCUT2D eigenvalue weighted by Gasteiger charge is -2.23. The smallest absolute Gasteiger partial charge is 0.137 e. The van der Waals surface area contributed by atoms with E-state index in [2.05, 4.69) is 27.0 Å². The van der Waals surface area contributed by atoms with Gasteiger partial charge in [-0.25, -0.2) is 4.98 Å². The summed E-state index contributed by atoms with van der Waals surface area (Å²) in [5.41, 5.74) is 2.12. The van der Waals surface area contributed by atoms with Crippen molar-refractivity contribution >= 4 is 17.2 Å². The van der Waals surface area contributed by atoms with E-state index in [0.717, 1.165) is 17.2 Å². The second kappa shape index (κ2) is 7.80. The van der Waals surface area contributed by atoms with Crippen LogP contribution in [0, 0.1) is 0 Å². The summed E-state index contributed by atoms with van der Waals surface area (Å²) >= 11 is 0. The second-order valence-corrected chi connectivity index (χ2v) is 4.06. The van der Waals surface area contributed by atoms with Gasteiger partial charge in [-0.2, -0.15) is 0 Å². The van der Waals surface area contributed by atoms with E-state index in [1.165, 1.54) is 0 Å². The van der Waals surface area contributed by atoms with Crippen molar-refractivity contribution < 1.29 is 0 Å². The Balaban J connectivity index is 0.000000774. The first kappa shape index (κ1) is 14.7. The predicted molar refractivity (Wildman–Crippen MR) is 88.1 cm³/mol. The lowest BCUT2D eigenvalue weighted by molar-refractivity contribution is 1.17. The topological polar surface area (TPSA) is 29.0 Å². The molecule has 0 amide bonds. The molecule has 106 valence electrons. The molecule has 0 saturated carbocycles. The molecule has 0 aliphatic rings. The fourth-order valence-corrected chi connectivity index (χ4v) is 1.97. The van der Waals surface area contributed by atoms with Gasteiger partial charge >= 0.3 is 0 Å². The van der Waals surface area contributed by atoms with E-state index in [1.807, 2.05) is 62.4 Å². The largest absolute Gasteiger partial charge is 0.295 e. The van der Waals surface area contributed by atoms with E-state index < -0.39 is 0 Å². The fraction of sp³-hybridized carbons (Fsp3) is 0.111. The highest BCUT2D eigenvalue weighted by atomic mass is 15.2. The van der Waals surface area contributed by atoms with Crippen LogP contribution >= 0.6 is 0 Å². The Hall–Kier alpha value is -2.68. The van der Waals surface area contributed by atoms with Crippen LogP contribution in [0.4, 0.5) is 17.2 Å². The van der Waals surface area contributed by atoms with Crippen LogP contribution in [0.5, 0.6) is 0 Å². The summed E-state index contributed by atoms with van der Waals surface area (Å²) in [5.74, 6) is 0.889. The molecule has 0 saturated heterocycles. The van der Waals surface area contributed by atoms with Gasteiger partial charge in [-0.05, 0) is 36.4 Å². The van der Waals surface area contributed by atoms with E-state index in [-0.39, 0.29) is 0 Å². The molecule has 0 bridgehead atoms. The zero-order valence-electron chi connectivity index (χ0n) is 12.3.